The van der Waals surface area contributed by atoms with Crippen molar-refractivity contribution < 1.29 is 28.9 Å². The molecule has 0 aliphatic carbocycles. The minimum absolute atomic E-state index is 0.0382. The Morgan fingerprint density at radius 3 is 1.71 bits per heavy atom. The highest BCUT2D eigenvalue weighted by molar-refractivity contribution is 5.80. The maximum Gasteiger partial charge on any atom is 0.277 e. The summed E-state index contributed by atoms with van der Waals surface area (Å²) in [6.07, 6.45) is -3.25. The summed E-state index contributed by atoms with van der Waals surface area (Å²) >= 11 is 0. The van der Waals surface area contributed by atoms with E-state index in [-0.39, 0.29) is 19.8 Å². The Hall–Kier alpha value is -3.07. The molecule has 0 spiro atoms. The molecular formula is C28H33NO6. The fraction of sp³-hybridized carbons (Fsp3) is 0.321. The summed E-state index contributed by atoms with van der Waals surface area (Å²) in [7, 11) is 2.89. The minimum atomic E-state index is -1.13. The van der Waals surface area contributed by atoms with Crippen LogP contribution in [0.2, 0.25) is 0 Å². The molecule has 0 bridgehead atoms. The average molecular weight is 480 g/mol. The van der Waals surface area contributed by atoms with Gasteiger partial charge < -0.3 is 19.3 Å². The monoisotopic (exact) mass is 479 g/mol. The molecule has 3 rings (SSSR count). The highest BCUT2D eigenvalue weighted by atomic mass is 16.7. The number of hydrogen-bond acceptors (Lipinski definition) is 6. The molecule has 35 heavy (non-hydrogen) atoms. The Morgan fingerprint density at radius 1 is 0.771 bits per heavy atom. The van der Waals surface area contributed by atoms with Gasteiger partial charge in [0.05, 0.1) is 33.5 Å². The lowest BCUT2D eigenvalue weighted by Crippen LogP contribution is -2.51. The molecule has 7 nitrogen and oxygen atoms in total. The van der Waals surface area contributed by atoms with Gasteiger partial charge in [0.25, 0.3) is 5.91 Å². The highest BCUT2D eigenvalue weighted by Gasteiger charge is 2.38. The molecule has 0 saturated carbocycles. The highest BCUT2D eigenvalue weighted by Crippen LogP contribution is 2.18. The van der Waals surface area contributed by atoms with Crippen molar-refractivity contribution >= 4 is 5.91 Å². The number of ether oxygens (including phenoxy) is 3. The molecule has 0 unspecified atom stereocenters. The summed E-state index contributed by atoms with van der Waals surface area (Å²) in [5, 5.41) is 12.2. The van der Waals surface area contributed by atoms with Crippen molar-refractivity contribution in [3.8, 4) is 0 Å². The van der Waals surface area contributed by atoms with Gasteiger partial charge in [0.1, 0.15) is 12.2 Å². The smallest absolute Gasteiger partial charge is 0.277 e. The third-order valence-electron chi connectivity index (χ3n) is 5.46. The van der Waals surface area contributed by atoms with Crippen molar-refractivity contribution in [3.63, 3.8) is 0 Å². The second kappa shape index (κ2) is 14.4. The molecule has 3 aromatic rings. The lowest BCUT2D eigenvalue weighted by molar-refractivity contribution is -0.201. The molecule has 0 radical (unpaired) electrons. The van der Waals surface area contributed by atoms with Crippen LogP contribution in [0.5, 0.6) is 0 Å². The van der Waals surface area contributed by atoms with Crippen LogP contribution in [0.15, 0.2) is 91.0 Å². The first-order chi connectivity index (χ1) is 17.1. The fourth-order valence-corrected chi connectivity index (χ4v) is 3.47. The first-order valence-corrected chi connectivity index (χ1v) is 11.5. The quantitative estimate of drug-likeness (QED) is 0.355. The molecule has 1 amide bonds. The van der Waals surface area contributed by atoms with Gasteiger partial charge >= 0.3 is 0 Å². The van der Waals surface area contributed by atoms with Crippen molar-refractivity contribution in [1.82, 2.24) is 5.06 Å². The third kappa shape index (κ3) is 8.58. The summed E-state index contributed by atoms with van der Waals surface area (Å²) in [6, 6.07) is 28.7. The maximum atomic E-state index is 13.2. The van der Waals surface area contributed by atoms with Crippen molar-refractivity contribution in [1.29, 1.82) is 0 Å². The number of likely N-dealkylation sites (N-methyl/N-ethyl adjacent to an activating group) is 1. The van der Waals surface area contributed by atoms with Crippen LogP contribution in [0.25, 0.3) is 0 Å². The fourth-order valence-electron chi connectivity index (χ4n) is 3.47. The largest absolute Gasteiger partial charge is 0.388 e. The molecule has 7 heteroatoms. The minimum Gasteiger partial charge on any atom is -0.388 e. The molecule has 0 saturated heterocycles. The normalized spacial score (nSPS) is 13.7. The van der Waals surface area contributed by atoms with Crippen LogP contribution >= 0.6 is 0 Å². The second-order valence-corrected chi connectivity index (χ2v) is 8.06. The van der Waals surface area contributed by atoms with Crippen LogP contribution in [-0.4, -0.2) is 55.2 Å². The van der Waals surface area contributed by atoms with Crippen molar-refractivity contribution in [2.75, 3.05) is 20.8 Å². The Morgan fingerprint density at radius 2 is 1.23 bits per heavy atom. The summed E-state index contributed by atoms with van der Waals surface area (Å²) in [4.78, 5) is 18.3. The van der Waals surface area contributed by atoms with Crippen molar-refractivity contribution in [3.05, 3.63) is 108 Å². The third-order valence-corrected chi connectivity index (χ3v) is 5.46. The van der Waals surface area contributed by atoms with E-state index in [1.807, 2.05) is 91.0 Å². The van der Waals surface area contributed by atoms with Crippen molar-refractivity contribution in [2.45, 2.75) is 38.1 Å². The van der Waals surface area contributed by atoms with Gasteiger partial charge in [0.2, 0.25) is 0 Å². The number of aliphatic hydroxyl groups excluding tert-OH is 1. The number of carbonyl (C=O) groups is 1. The van der Waals surface area contributed by atoms with Gasteiger partial charge in [-0.25, -0.2) is 5.06 Å². The number of nitrogens with zero attached hydrogens (tertiary/aromatic N) is 1. The van der Waals surface area contributed by atoms with E-state index in [9.17, 15) is 9.90 Å². The van der Waals surface area contributed by atoms with Gasteiger partial charge in [-0.3, -0.25) is 9.63 Å². The summed E-state index contributed by atoms with van der Waals surface area (Å²) in [6.45, 7) is 0.641. The van der Waals surface area contributed by atoms with Crippen LogP contribution in [0.3, 0.4) is 0 Å². The number of hydrogen-bond donors (Lipinski definition) is 1. The van der Waals surface area contributed by atoms with E-state index >= 15 is 0 Å². The van der Waals surface area contributed by atoms with E-state index in [0.29, 0.717) is 6.61 Å². The molecule has 0 aliphatic heterocycles. The molecule has 3 aromatic carbocycles. The standard InChI is InChI=1S/C28H33NO6/c1-29(32-2)28(31)27(35-20-24-16-10-5-11-17-24)26(34-19-23-14-8-4-9-15-23)25(30)21-33-18-22-12-6-3-7-13-22/h3-17,25-27,30H,18-21H2,1-2H3/t25-,26-,27-/m1/s1. The van der Waals surface area contributed by atoms with E-state index < -0.39 is 24.2 Å². The first kappa shape index (κ1) is 26.5. The van der Waals surface area contributed by atoms with Gasteiger partial charge in [-0.1, -0.05) is 91.0 Å². The van der Waals surface area contributed by atoms with Gasteiger partial charge in [-0.2, -0.15) is 0 Å². The second-order valence-electron chi connectivity index (χ2n) is 8.06. The van der Waals surface area contributed by atoms with Gasteiger partial charge in [-0.05, 0) is 16.7 Å². The maximum absolute atomic E-state index is 13.2. The lowest BCUT2D eigenvalue weighted by Gasteiger charge is -2.32. The number of aliphatic hydroxyl groups is 1. The summed E-state index contributed by atoms with van der Waals surface area (Å²) < 4.78 is 17.9. The molecular weight excluding hydrogens is 446 g/mol. The Kier molecular flexibility index (Phi) is 10.9. The van der Waals surface area contributed by atoms with Crippen LogP contribution in [-0.2, 0) is 43.7 Å². The molecule has 0 heterocycles. The number of hydroxylamine groups is 2. The van der Waals surface area contributed by atoms with E-state index in [0.717, 1.165) is 21.8 Å². The Labute approximate surface area is 206 Å². The van der Waals surface area contributed by atoms with E-state index in [2.05, 4.69) is 0 Å². The SMILES string of the molecule is CON(C)C(=O)[C@H](OCc1ccccc1)[C@H](OCc1ccccc1)[C@H](O)COCc1ccccc1. The average Bonchev–Trinajstić information content (AvgIpc) is 2.91. The number of benzene rings is 3. The first-order valence-electron chi connectivity index (χ1n) is 11.5. The summed E-state index contributed by atoms with van der Waals surface area (Å²) in [5.74, 6) is -0.469. The van der Waals surface area contributed by atoms with Gasteiger partial charge in [0, 0.05) is 7.05 Å². The number of carbonyl (C=O) groups excluding carboxylic acids is 1. The van der Waals surface area contributed by atoms with Crippen LogP contribution < -0.4 is 0 Å². The Bertz CT molecular complexity index is 986. The van der Waals surface area contributed by atoms with Gasteiger partial charge in [0.15, 0.2) is 6.10 Å². The van der Waals surface area contributed by atoms with E-state index in [1.165, 1.54) is 14.2 Å². The van der Waals surface area contributed by atoms with Crippen molar-refractivity contribution in [2.24, 2.45) is 0 Å². The van der Waals surface area contributed by atoms with Crippen LogP contribution in [0.1, 0.15) is 16.7 Å². The molecule has 3 atom stereocenters. The van der Waals surface area contributed by atoms with Gasteiger partial charge in [-0.15, -0.1) is 0 Å². The van der Waals surface area contributed by atoms with Crippen LogP contribution in [0.4, 0.5) is 0 Å². The zero-order chi connectivity index (χ0) is 24.9. The summed E-state index contributed by atoms with van der Waals surface area (Å²) in [5.41, 5.74) is 2.78. The molecule has 0 aromatic heterocycles. The van der Waals surface area contributed by atoms with Crippen LogP contribution in [0, 0.1) is 0 Å². The Balaban J connectivity index is 1.76. The molecule has 186 valence electrons. The van der Waals surface area contributed by atoms with E-state index in [4.69, 9.17) is 19.0 Å². The predicted molar refractivity (Wildman–Crippen MR) is 132 cm³/mol. The van der Waals surface area contributed by atoms with E-state index in [1.54, 1.807) is 0 Å². The molecule has 0 aliphatic rings. The molecule has 0 fully saturated rings. The lowest BCUT2D eigenvalue weighted by atomic mass is 10.1. The molecule has 1 N–H and O–H groups in total. The zero-order valence-electron chi connectivity index (χ0n) is 20.2. The topological polar surface area (TPSA) is 77.5 Å². The zero-order valence-corrected chi connectivity index (χ0v) is 20.2. The predicted octanol–water partition coefficient (Wildman–Crippen LogP) is 3.75. The number of amides is 1. The number of rotatable bonds is 14.